The predicted octanol–water partition coefficient (Wildman–Crippen LogP) is -0.709. The highest BCUT2D eigenvalue weighted by atomic mass is 32.2. The standard InChI is InChI=1S/C7H18N2O3S/c1-2-12-6-3-5-9-13(10,11)7-4-8/h9H,2-8H2,1H3. The molecule has 0 atom stereocenters. The van der Waals surface area contributed by atoms with Crippen LogP contribution in [0.3, 0.4) is 0 Å². The first-order valence-electron chi connectivity index (χ1n) is 4.37. The molecule has 0 spiro atoms. The average Bonchev–Trinajstić information content (AvgIpc) is 2.04. The number of nitrogens with two attached hydrogens (primary N) is 1. The van der Waals surface area contributed by atoms with E-state index in [-0.39, 0.29) is 12.3 Å². The van der Waals surface area contributed by atoms with Gasteiger partial charge < -0.3 is 10.5 Å². The fourth-order valence-electron chi connectivity index (χ4n) is 0.774. The Morgan fingerprint density at radius 3 is 2.69 bits per heavy atom. The maximum Gasteiger partial charge on any atom is 0.212 e. The Labute approximate surface area is 79.7 Å². The third kappa shape index (κ3) is 8.17. The summed E-state index contributed by atoms with van der Waals surface area (Å²) in [5, 5.41) is 0. The summed E-state index contributed by atoms with van der Waals surface area (Å²) in [4.78, 5) is 0. The fraction of sp³-hybridized carbons (Fsp3) is 1.00. The second-order valence-electron chi connectivity index (χ2n) is 2.55. The Kier molecular flexibility index (Phi) is 7.16. The molecule has 0 aliphatic rings. The number of rotatable bonds is 8. The lowest BCUT2D eigenvalue weighted by Crippen LogP contribution is -2.30. The third-order valence-electron chi connectivity index (χ3n) is 1.38. The van der Waals surface area contributed by atoms with Crippen molar-refractivity contribution in [3.05, 3.63) is 0 Å². The number of nitrogens with one attached hydrogen (secondary N) is 1. The molecule has 0 radical (unpaired) electrons. The van der Waals surface area contributed by atoms with E-state index in [1.54, 1.807) is 0 Å². The Bertz CT molecular complexity index is 204. The number of hydrogen-bond acceptors (Lipinski definition) is 4. The van der Waals surface area contributed by atoms with Gasteiger partial charge in [0.2, 0.25) is 10.0 Å². The highest BCUT2D eigenvalue weighted by Crippen LogP contribution is 1.85. The maximum atomic E-state index is 11.0. The maximum absolute atomic E-state index is 11.0. The quantitative estimate of drug-likeness (QED) is 0.519. The van der Waals surface area contributed by atoms with Crippen molar-refractivity contribution in [3.63, 3.8) is 0 Å². The van der Waals surface area contributed by atoms with Crippen LogP contribution in [0, 0.1) is 0 Å². The molecular weight excluding hydrogens is 192 g/mol. The van der Waals surface area contributed by atoms with Crippen molar-refractivity contribution in [2.45, 2.75) is 13.3 Å². The summed E-state index contributed by atoms with van der Waals surface area (Å²) in [5.74, 6) is -0.0123. The average molecular weight is 210 g/mol. The summed E-state index contributed by atoms with van der Waals surface area (Å²) < 4.78 is 29.5. The molecule has 0 bridgehead atoms. The van der Waals surface area contributed by atoms with Crippen LogP contribution in [-0.2, 0) is 14.8 Å². The van der Waals surface area contributed by atoms with Gasteiger partial charge in [-0.15, -0.1) is 0 Å². The van der Waals surface area contributed by atoms with E-state index in [2.05, 4.69) is 4.72 Å². The zero-order valence-corrected chi connectivity index (χ0v) is 8.77. The van der Waals surface area contributed by atoms with Crippen LogP contribution < -0.4 is 10.5 Å². The zero-order valence-electron chi connectivity index (χ0n) is 7.95. The van der Waals surface area contributed by atoms with Gasteiger partial charge in [-0.1, -0.05) is 0 Å². The van der Waals surface area contributed by atoms with E-state index in [1.807, 2.05) is 6.92 Å². The van der Waals surface area contributed by atoms with Gasteiger partial charge in [0.1, 0.15) is 0 Å². The van der Waals surface area contributed by atoms with Crippen molar-refractivity contribution >= 4 is 10.0 Å². The molecule has 5 nitrogen and oxygen atoms in total. The largest absolute Gasteiger partial charge is 0.382 e. The van der Waals surface area contributed by atoms with Crippen LogP contribution in [0.15, 0.2) is 0 Å². The Morgan fingerprint density at radius 2 is 2.15 bits per heavy atom. The van der Waals surface area contributed by atoms with E-state index in [9.17, 15) is 8.42 Å². The molecule has 3 N–H and O–H groups in total. The molecule has 0 saturated heterocycles. The highest BCUT2D eigenvalue weighted by Gasteiger charge is 2.06. The summed E-state index contributed by atoms with van der Waals surface area (Å²) in [6.07, 6.45) is 0.692. The van der Waals surface area contributed by atoms with Crippen molar-refractivity contribution in [2.24, 2.45) is 5.73 Å². The molecule has 0 aromatic heterocycles. The van der Waals surface area contributed by atoms with E-state index in [0.717, 1.165) is 0 Å². The van der Waals surface area contributed by atoms with Crippen LogP contribution in [0.2, 0.25) is 0 Å². The summed E-state index contributed by atoms with van der Waals surface area (Å²) >= 11 is 0. The van der Waals surface area contributed by atoms with Gasteiger partial charge in [-0.25, -0.2) is 13.1 Å². The predicted molar refractivity (Wildman–Crippen MR) is 52.0 cm³/mol. The molecule has 6 heteroatoms. The highest BCUT2D eigenvalue weighted by molar-refractivity contribution is 7.89. The monoisotopic (exact) mass is 210 g/mol. The van der Waals surface area contributed by atoms with Crippen LogP contribution in [-0.4, -0.2) is 40.5 Å². The van der Waals surface area contributed by atoms with Crippen LogP contribution in [0.5, 0.6) is 0 Å². The van der Waals surface area contributed by atoms with E-state index in [4.69, 9.17) is 10.5 Å². The molecule has 0 amide bonds. The van der Waals surface area contributed by atoms with Crippen LogP contribution >= 0.6 is 0 Å². The van der Waals surface area contributed by atoms with Gasteiger partial charge in [-0.3, -0.25) is 0 Å². The van der Waals surface area contributed by atoms with E-state index in [0.29, 0.717) is 26.2 Å². The SMILES string of the molecule is CCOCCCNS(=O)(=O)CCN. The third-order valence-corrected chi connectivity index (χ3v) is 2.80. The summed E-state index contributed by atoms with van der Waals surface area (Å²) in [6.45, 7) is 3.72. The first-order valence-corrected chi connectivity index (χ1v) is 6.02. The lowest BCUT2D eigenvalue weighted by atomic mass is 10.5. The molecule has 0 heterocycles. The van der Waals surface area contributed by atoms with Gasteiger partial charge >= 0.3 is 0 Å². The van der Waals surface area contributed by atoms with Gasteiger partial charge in [0, 0.05) is 26.3 Å². The van der Waals surface area contributed by atoms with Crippen molar-refractivity contribution in [3.8, 4) is 0 Å². The Hall–Kier alpha value is -0.170. The molecule has 0 saturated carbocycles. The molecule has 0 aliphatic carbocycles. The first kappa shape index (κ1) is 12.8. The van der Waals surface area contributed by atoms with E-state index < -0.39 is 10.0 Å². The van der Waals surface area contributed by atoms with Crippen molar-refractivity contribution in [2.75, 3.05) is 32.1 Å². The van der Waals surface area contributed by atoms with Crippen molar-refractivity contribution in [1.29, 1.82) is 0 Å². The first-order chi connectivity index (χ1) is 6.12. The second-order valence-corrected chi connectivity index (χ2v) is 4.48. The Morgan fingerprint density at radius 1 is 1.46 bits per heavy atom. The lowest BCUT2D eigenvalue weighted by Gasteiger charge is -2.04. The molecule has 0 rings (SSSR count). The minimum Gasteiger partial charge on any atom is -0.382 e. The second kappa shape index (κ2) is 7.25. The molecule has 0 fully saturated rings. The topological polar surface area (TPSA) is 81.4 Å². The normalized spacial score (nSPS) is 11.8. The van der Waals surface area contributed by atoms with Crippen LogP contribution in [0.1, 0.15) is 13.3 Å². The minimum absolute atomic E-state index is 0.0123. The lowest BCUT2D eigenvalue weighted by molar-refractivity contribution is 0.146. The van der Waals surface area contributed by atoms with E-state index in [1.165, 1.54) is 0 Å². The molecule has 0 aromatic rings. The van der Waals surface area contributed by atoms with Crippen molar-refractivity contribution in [1.82, 2.24) is 4.72 Å². The smallest absolute Gasteiger partial charge is 0.212 e. The van der Waals surface area contributed by atoms with Gasteiger partial charge in [-0.2, -0.15) is 0 Å². The number of sulfonamides is 1. The fourth-order valence-corrected chi connectivity index (χ4v) is 1.68. The van der Waals surface area contributed by atoms with Gasteiger partial charge in [0.25, 0.3) is 0 Å². The molecule has 0 aromatic carbocycles. The molecule has 0 unspecified atom stereocenters. The zero-order chi connectivity index (χ0) is 10.2. The van der Waals surface area contributed by atoms with Gasteiger partial charge in [0.05, 0.1) is 5.75 Å². The number of ether oxygens (including phenoxy) is 1. The summed E-state index contributed by atoms with van der Waals surface area (Å²) in [6, 6.07) is 0. The summed E-state index contributed by atoms with van der Waals surface area (Å²) in [5.41, 5.74) is 5.12. The molecule has 0 aliphatic heterocycles. The molecular formula is C7H18N2O3S. The molecule has 13 heavy (non-hydrogen) atoms. The van der Waals surface area contributed by atoms with Gasteiger partial charge in [-0.05, 0) is 13.3 Å². The van der Waals surface area contributed by atoms with E-state index >= 15 is 0 Å². The van der Waals surface area contributed by atoms with Crippen LogP contribution in [0.25, 0.3) is 0 Å². The van der Waals surface area contributed by atoms with Gasteiger partial charge in [0.15, 0.2) is 0 Å². The minimum atomic E-state index is -3.15. The molecule has 80 valence electrons. The van der Waals surface area contributed by atoms with Crippen LogP contribution in [0.4, 0.5) is 0 Å². The van der Waals surface area contributed by atoms with Crippen molar-refractivity contribution < 1.29 is 13.2 Å². The summed E-state index contributed by atoms with van der Waals surface area (Å²) in [7, 11) is -3.15. The Balaban J connectivity index is 3.41. The number of hydrogen-bond donors (Lipinski definition) is 2.